The number of nitrogens with zero attached hydrogens (tertiary/aromatic N) is 1. The van der Waals surface area contributed by atoms with Crippen LogP contribution in [0.4, 0.5) is 5.69 Å². The molecular formula is C26H30ClN3O6S. The SMILES string of the molecule is O=C(C[S@@](=O)CC(=O)N(CC(=O)NC1CCCCC1)Cc1ccccc1Cl)Nc1ccc2c(c1)OCO2. The second kappa shape index (κ2) is 12.9. The summed E-state index contributed by atoms with van der Waals surface area (Å²) in [6.45, 7) is 0.0283. The van der Waals surface area contributed by atoms with Crippen molar-refractivity contribution in [2.75, 3.05) is 30.2 Å². The van der Waals surface area contributed by atoms with E-state index in [2.05, 4.69) is 10.6 Å². The molecule has 0 radical (unpaired) electrons. The molecule has 4 rings (SSSR count). The Morgan fingerprint density at radius 2 is 1.73 bits per heavy atom. The van der Waals surface area contributed by atoms with Crippen LogP contribution in [0.2, 0.25) is 5.02 Å². The Kier molecular flexibility index (Phi) is 9.40. The van der Waals surface area contributed by atoms with Crippen LogP contribution in [0, 0.1) is 0 Å². The number of fused-ring (bicyclic) bond motifs is 1. The summed E-state index contributed by atoms with van der Waals surface area (Å²) < 4.78 is 23.2. The molecule has 1 aliphatic heterocycles. The Balaban J connectivity index is 1.34. The van der Waals surface area contributed by atoms with E-state index in [1.165, 1.54) is 4.90 Å². The normalized spacial score (nSPS) is 15.6. The highest BCUT2D eigenvalue weighted by Gasteiger charge is 2.24. The third-order valence-corrected chi connectivity index (χ3v) is 7.73. The number of rotatable bonds is 10. The van der Waals surface area contributed by atoms with Gasteiger partial charge in [0.15, 0.2) is 11.5 Å². The van der Waals surface area contributed by atoms with Crippen molar-refractivity contribution in [2.45, 2.75) is 44.7 Å². The number of nitrogens with one attached hydrogen (secondary N) is 2. The molecular weight excluding hydrogens is 518 g/mol. The van der Waals surface area contributed by atoms with Gasteiger partial charge in [-0.3, -0.25) is 18.6 Å². The lowest BCUT2D eigenvalue weighted by Crippen LogP contribution is -2.45. The van der Waals surface area contributed by atoms with Gasteiger partial charge in [0.05, 0.1) is 6.54 Å². The smallest absolute Gasteiger partial charge is 0.239 e. The fourth-order valence-electron chi connectivity index (χ4n) is 4.36. The zero-order chi connectivity index (χ0) is 26.2. The van der Waals surface area contributed by atoms with Crippen molar-refractivity contribution in [1.29, 1.82) is 0 Å². The molecule has 9 nitrogen and oxygen atoms in total. The van der Waals surface area contributed by atoms with Crippen LogP contribution >= 0.6 is 11.6 Å². The molecule has 1 saturated carbocycles. The highest BCUT2D eigenvalue weighted by Crippen LogP contribution is 2.34. The summed E-state index contributed by atoms with van der Waals surface area (Å²) >= 11 is 6.28. The first kappa shape index (κ1) is 26.9. The van der Waals surface area contributed by atoms with Gasteiger partial charge in [0, 0.05) is 40.2 Å². The van der Waals surface area contributed by atoms with Crippen molar-refractivity contribution >= 4 is 45.8 Å². The summed E-state index contributed by atoms with van der Waals surface area (Å²) in [6, 6.07) is 12.1. The maximum atomic E-state index is 13.1. The van der Waals surface area contributed by atoms with Crippen molar-refractivity contribution in [3.8, 4) is 11.5 Å². The molecule has 2 aromatic rings. The molecule has 11 heteroatoms. The number of amides is 3. The third-order valence-electron chi connectivity index (χ3n) is 6.21. The number of anilines is 1. The second-order valence-corrected chi connectivity index (χ2v) is 11.0. The Morgan fingerprint density at radius 3 is 2.51 bits per heavy atom. The largest absolute Gasteiger partial charge is 0.454 e. The molecule has 37 heavy (non-hydrogen) atoms. The van der Waals surface area contributed by atoms with Crippen molar-refractivity contribution < 1.29 is 28.1 Å². The van der Waals surface area contributed by atoms with E-state index >= 15 is 0 Å². The predicted octanol–water partition coefficient (Wildman–Crippen LogP) is 3.23. The molecule has 2 N–H and O–H groups in total. The topological polar surface area (TPSA) is 114 Å². The fraction of sp³-hybridized carbons (Fsp3) is 0.423. The van der Waals surface area contributed by atoms with Gasteiger partial charge < -0.3 is 25.0 Å². The number of ether oxygens (including phenoxy) is 2. The number of hydrogen-bond acceptors (Lipinski definition) is 6. The highest BCUT2D eigenvalue weighted by atomic mass is 35.5. The van der Waals surface area contributed by atoms with Gasteiger partial charge in [-0.2, -0.15) is 0 Å². The van der Waals surface area contributed by atoms with Crippen molar-refractivity contribution in [3.63, 3.8) is 0 Å². The summed E-state index contributed by atoms with van der Waals surface area (Å²) in [6.07, 6.45) is 5.15. The summed E-state index contributed by atoms with van der Waals surface area (Å²) in [4.78, 5) is 39.6. The van der Waals surface area contributed by atoms with Gasteiger partial charge in [0.2, 0.25) is 24.5 Å². The maximum Gasteiger partial charge on any atom is 0.239 e. The number of carbonyl (C=O) groups is 3. The molecule has 1 heterocycles. The molecule has 198 valence electrons. The number of halogens is 1. The van der Waals surface area contributed by atoms with E-state index in [9.17, 15) is 18.6 Å². The van der Waals surface area contributed by atoms with Gasteiger partial charge in [0.1, 0.15) is 11.5 Å². The molecule has 2 aromatic carbocycles. The van der Waals surface area contributed by atoms with Crippen LogP contribution in [0.3, 0.4) is 0 Å². The Labute approximate surface area is 223 Å². The molecule has 0 bridgehead atoms. The second-order valence-electron chi connectivity index (χ2n) is 9.09. The molecule has 0 aromatic heterocycles. The number of benzene rings is 2. The van der Waals surface area contributed by atoms with E-state index in [1.807, 2.05) is 0 Å². The molecule has 1 fully saturated rings. The highest BCUT2D eigenvalue weighted by molar-refractivity contribution is 7.86. The van der Waals surface area contributed by atoms with Crippen LogP contribution in [0.25, 0.3) is 0 Å². The summed E-state index contributed by atoms with van der Waals surface area (Å²) in [7, 11) is -1.78. The minimum absolute atomic E-state index is 0.0944. The average Bonchev–Trinajstić information content (AvgIpc) is 3.33. The minimum atomic E-state index is -1.78. The first-order valence-electron chi connectivity index (χ1n) is 12.2. The Bertz CT molecular complexity index is 1170. The van der Waals surface area contributed by atoms with E-state index in [0.29, 0.717) is 27.8 Å². The molecule has 0 saturated heterocycles. The number of carbonyl (C=O) groups excluding carboxylic acids is 3. The lowest BCUT2D eigenvalue weighted by molar-refractivity contribution is -0.135. The monoisotopic (exact) mass is 547 g/mol. The van der Waals surface area contributed by atoms with Crippen LogP contribution in [0.15, 0.2) is 42.5 Å². The van der Waals surface area contributed by atoms with Crippen molar-refractivity contribution in [3.05, 3.63) is 53.1 Å². The van der Waals surface area contributed by atoms with Crippen LogP contribution in [-0.4, -0.2) is 57.7 Å². The standard InChI is InChI=1S/C26H30ClN3O6S/c27-21-9-5-4-6-18(21)13-30(14-24(31)28-19-7-2-1-3-8-19)26(33)16-37(34)15-25(32)29-20-10-11-22-23(12-20)36-17-35-22/h4-6,9-12,19H,1-3,7-8,13-17H2,(H,28,31)(H,29,32)/t37-/m1/s1. The molecule has 2 aliphatic rings. The molecule has 1 atom stereocenters. The summed E-state index contributed by atoms with van der Waals surface area (Å²) in [5, 5.41) is 6.14. The van der Waals surface area contributed by atoms with Crippen LogP contribution in [0.5, 0.6) is 11.5 Å². The van der Waals surface area contributed by atoms with Gasteiger partial charge in [0.25, 0.3) is 0 Å². The van der Waals surface area contributed by atoms with E-state index in [1.54, 1.807) is 42.5 Å². The van der Waals surface area contributed by atoms with Gasteiger partial charge in [-0.05, 0) is 36.6 Å². The molecule has 0 spiro atoms. The minimum Gasteiger partial charge on any atom is -0.454 e. The van der Waals surface area contributed by atoms with E-state index in [0.717, 1.165) is 32.1 Å². The summed E-state index contributed by atoms with van der Waals surface area (Å²) in [5.41, 5.74) is 1.15. The lowest BCUT2D eigenvalue weighted by atomic mass is 9.95. The zero-order valence-corrected chi connectivity index (χ0v) is 21.9. The average molecular weight is 548 g/mol. The molecule has 0 unspecified atom stereocenters. The van der Waals surface area contributed by atoms with Crippen LogP contribution in [0.1, 0.15) is 37.7 Å². The van der Waals surface area contributed by atoms with E-state index in [4.69, 9.17) is 21.1 Å². The van der Waals surface area contributed by atoms with Crippen molar-refractivity contribution in [2.24, 2.45) is 0 Å². The molecule has 1 aliphatic carbocycles. The first-order chi connectivity index (χ1) is 17.9. The Hall–Kier alpha value is -3.11. The fourth-order valence-corrected chi connectivity index (χ4v) is 5.48. The third kappa shape index (κ3) is 7.93. The van der Waals surface area contributed by atoms with Gasteiger partial charge >= 0.3 is 0 Å². The summed E-state index contributed by atoms with van der Waals surface area (Å²) in [5.74, 6) is -0.928. The molecule has 3 amide bonds. The predicted molar refractivity (Wildman–Crippen MR) is 141 cm³/mol. The van der Waals surface area contributed by atoms with Gasteiger partial charge in [-0.25, -0.2) is 0 Å². The number of hydrogen-bond donors (Lipinski definition) is 2. The zero-order valence-electron chi connectivity index (χ0n) is 20.4. The van der Waals surface area contributed by atoms with E-state index in [-0.39, 0.29) is 37.6 Å². The maximum absolute atomic E-state index is 13.1. The van der Waals surface area contributed by atoms with Crippen molar-refractivity contribution in [1.82, 2.24) is 10.2 Å². The van der Waals surface area contributed by atoms with Gasteiger partial charge in [-0.15, -0.1) is 0 Å². The van der Waals surface area contributed by atoms with Gasteiger partial charge in [-0.1, -0.05) is 49.1 Å². The Morgan fingerprint density at radius 1 is 0.973 bits per heavy atom. The van der Waals surface area contributed by atoms with Crippen LogP contribution in [-0.2, 0) is 31.7 Å². The quantitative estimate of drug-likeness (QED) is 0.472. The first-order valence-corrected chi connectivity index (χ1v) is 14.1. The van der Waals surface area contributed by atoms with E-state index < -0.39 is 28.4 Å². The van der Waals surface area contributed by atoms with Crippen LogP contribution < -0.4 is 20.1 Å². The lowest BCUT2D eigenvalue weighted by Gasteiger charge is -2.26.